The summed E-state index contributed by atoms with van der Waals surface area (Å²) in [6, 6.07) is 8.11. The van der Waals surface area contributed by atoms with Crippen molar-refractivity contribution in [2.75, 3.05) is 13.1 Å². The van der Waals surface area contributed by atoms with Gasteiger partial charge in [-0.25, -0.2) is 4.79 Å². The van der Waals surface area contributed by atoms with Crippen LogP contribution in [-0.2, 0) is 11.3 Å². The fraction of sp³-hybridized carbons (Fsp3) is 0.417. The third-order valence-corrected chi connectivity index (χ3v) is 2.67. The lowest BCUT2D eigenvalue weighted by Crippen LogP contribution is -2.27. The molecule has 1 fully saturated rings. The molecule has 4 nitrogen and oxygen atoms in total. The molecule has 1 saturated heterocycles. The highest BCUT2D eigenvalue weighted by Crippen LogP contribution is 2.15. The molecule has 1 unspecified atom stereocenters. The first-order valence-corrected chi connectivity index (χ1v) is 5.40. The third-order valence-electron chi connectivity index (χ3n) is 2.67. The van der Waals surface area contributed by atoms with Crippen molar-refractivity contribution in [2.45, 2.75) is 19.6 Å². The number of hydrogen-bond acceptors (Lipinski definition) is 3. The van der Waals surface area contributed by atoms with Gasteiger partial charge in [-0.1, -0.05) is 29.8 Å². The number of nitrogens with zero attached hydrogens (tertiary/aromatic N) is 1. The zero-order valence-corrected chi connectivity index (χ0v) is 9.35. The first-order chi connectivity index (χ1) is 7.69. The van der Waals surface area contributed by atoms with Gasteiger partial charge in [0.2, 0.25) is 0 Å². The number of carbonyl (C=O) groups is 1. The molecule has 0 aromatic heterocycles. The summed E-state index contributed by atoms with van der Waals surface area (Å²) in [6.45, 7) is 3.60. The van der Waals surface area contributed by atoms with E-state index in [1.807, 2.05) is 25.1 Å². The molecular formula is C12H16N2O2. The summed E-state index contributed by atoms with van der Waals surface area (Å²) in [7, 11) is 0. The zero-order chi connectivity index (χ0) is 11.5. The standard InChI is InChI=1S/C12H16N2O2/c1-9-3-2-4-10(5-9)7-14-8-11(6-13)16-12(14)15/h2-5,11H,6-8,13H2,1H3. The van der Waals surface area contributed by atoms with Gasteiger partial charge < -0.3 is 15.4 Å². The summed E-state index contributed by atoms with van der Waals surface area (Å²) in [4.78, 5) is 13.2. The SMILES string of the molecule is Cc1cccc(CN2CC(CN)OC2=O)c1. The van der Waals surface area contributed by atoms with Crippen molar-refractivity contribution in [3.05, 3.63) is 35.4 Å². The van der Waals surface area contributed by atoms with Crippen molar-refractivity contribution in [3.8, 4) is 0 Å². The Bertz CT molecular complexity index is 392. The van der Waals surface area contributed by atoms with E-state index in [2.05, 4.69) is 6.07 Å². The second-order valence-electron chi connectivity index (χ2n) is 4.11. The minimum absolute atomic E-state index is 0.155. The zero-order valence-electron chi connectivity index (χ0n) is 9.35. The second-order valence-corrected chi connectivity index (χ2v) is 4.11. The molecule has 0 saturated carbocycles. The van der Waals surface area contributed by atoms with E-state index in [9.17, 15) is 4.79 Å². The molecule has 0 bridgehead atoms. The van der Waals surface area contributed by atoms with E-state index in [4.69, 9.17) is 10.5 Å². The summed E-state index contributed by atoms with van der Waals surface area (Å²) >= 11 is 0. The van der Waals surface area contributed by atoms with Crippen LogP contribution in [-0.4, -0.2) is 30.2 Å². The van der Waals surface area contributed by atoms with Crippen LogP contribution in [0.15, 0.2) is 24.3 Å². The number of ether oxygens (including phenoxy) is 1. The fourth-order valence-electron chi connectivity index (χ4n) is 1.86. The van der Waals surface area contributed by atoms with Crippen LogP contribution in [0.2, 0.25) is 0 Å². The lowest BCUT2D eigenvalue weighted by Gasteiger charge is -2.12. The lowest BCUT2D eigenvalue weighted by atomic mass is 10.1. The third kappa shape index (κ3) is 2.33. The van der Waals surface area contributed by atoms with Gasteiger partial charge in [-0.2, -0.15) is 0 Å². The van der Waals surface area contributed by atoms with Crippen molar-refractivity contribution in [1.29, 1.82) is 0 Å². The molecule has 1 atom stereocenters. The number of aryl methyl sites for hydroxylation is 1. The van der Waals surface area contributed by atoms with E-state index in [1.54, 1.807) is 4.90 Å². The van der Waals surface area contributed by atoms with E-state index in [0.29, 0.717) is 19.6 Å². The predicted molar refractivity (Wildman–Crippen MR) is 60.9 cm³/mol. The van der Waals surface area contributed by atoms with Gasteiger partial charge >= 0.3 is 6.09 Å². The Balaban J connectivity index is 2.03. The van der Waals surface area contributed by atoms with Gasteiger partial charge in [0.05, 0.1) is 6.54 Å². The summed E-state index contributed by atoms with van der Waals surface area (Å²) in [6.07, 6.45) is -0.422. The van der Waals surface area contributed by atoms with Crippen LogP contribution in [0.5, 0.6) is 0 Å². The molecule has 1 aliphatic heterocycles. The molecule has 16 heavy (non-hydrogen) atoms. The van der Waals surface area contributed by atoms with Gasteiger partial charge in [0.25, 0.3) is 0 Å². The molecule has 0 aliphatic carbocycles. The van der Waals surface area contributed by atoms with Crippen molar-refractivity contribution in [1.82, 2.24) is 4.90 Å². The Morgan fingerprint density at radius 2 is 2.38 bits per heavy atom. The van der Waals surface area contributed by atoms with Crippen LogP contribution >= 0.6 is 0 Å². The van der Waals surface area contributed by atoms with Crippen molar-refractivity contribution < 1.29 is 9.53 Å². The largest absolute Gasteiger partial charge is 0.443 e. The smallest absolute Gasteiger partial charge is 0.410 e. The molecule has 2 N–H and O–H groups in total. The molecule has 1 aromatic rings. The molecule has 0 spiro atoms. The van der Waals surface area contributed by atoms with Gasteiger partial charge in [0.1, 0.15) is 6.10 Å². The van der Waals surface area contributed by atoms with Crippen LogP contribution < -0.4 is 5.73 Å². The number of rotatable bonds is 3. The molecule has 2 rings (SSSR count). The van der Waals surface area contributed by atoms with Crippen LogP contribution in [0.4, 0.5) is 4.79 Å². The van der Waals surface area contributed by atoms with Crippen LogP contribution in [0.3, 0.4) is 0 Å². The normalized spacial score (nSPS) is 20.0. The molecule has 0 radical (unpaired) electrons. The fourth-order valence-corrected chi connectivity index (χ4v) is 1.86. The maximum atomic E-state index is 11.5. The first kappa shape index (κ1) is 11.0. The minimum Gasteiger partial charge on any atom is -0.443 e. The van der Waals surface area contributed by atoms with Gasteiger partial charge in [0, 0.05) is 13.1 Å². The average molecular weight is 220 g/mol. The van der Waals surface area contributed by atoms with E-state index in [-0.39, 0.29) is 12.2 Å². The Kier molecular flexibility index (Phi) is 3.10. The number of benzene rings is 1. The summed E-state index contributed by atoms with van der Waals surface area (Å²) in [5, 5.41) is 0. The number of nitrogens with two attached hydrogens (primary N) is 1. The highest BCUT2D eigenvalue weighted by Gasteiger charge is 2.29. The quantitative estimate of drug-likeness (QED) is 0.834. The predicted octanol–water partition coefficient (Wildman–Crippen LogP) is 1.27. The highest BCUT2D eigenvalue weighted by atomic mass is 16.6. The monoisotopic (exact) mass is 220 g/mol. The van der Waals surface area contributed by atoms with Gasteiger partial charge in [-0.15, -0.1) is 0 Å². The Labute approximate surface area is 95.0 Å². The van der Waals surface area contributed by atoms with E-state index in [0.717, 1.165) is 5.56 Å². The summed E-state index contributed by atoms with van der Waals surface area (Å²) < 4.78 is 5.09. The maximum absolute atomic E-state index is 11.5. The number of hydrogen-bond donors (Lipinski definition) is 1. The topological polar surface area (TPSA) is 55.6 Å². The lowest BCUT2D eigenvalue weighted by molar-refractivity contribution is 0.134. The van der Waals surface area contributed by atoms with E-state index >= 15 is 0 Å². The number of carbonyl (C=O) groups excluding carboxylic acids is 1. The Hall–Kier alpha value is -1.55. The summed E-state index contributed by atoms with van der Waals surface area (Å²) in [5.41, 5.74) is 7.79. The van der Waals surface area contributed by atoms with E-state index < -0.39 is 0 Å². The molecule has 1 aromatic carbocycles. The second kappa shape index (κ2) is 4.53. The van der Waals surface area contributed by atoms with E-state index in [1.165, 1.54) is 5.56 Å². The highest BCUT2D eigenvalue weighted by molar-refractivity contribution is 5.69. The minimum atomic E-state index is -0.267. The van der Waals surface area contributed by atoms with Gasteiger partial charge in [-0.05, 0) is 12.5 Å². The molecule has 86 valence electrons. The summed E-state index contributed by atoms with van der Waals surface area (Å²) in [5.74, 6) is 0. The maximum Gasteiger partial charge on any atom is 0.410 e. The van der Waals surface area contributed by atoms with Crippen molar-refractivity contribution >= 4 is 6.09 Å². The van der Waals surface area contributed by atoms with Crippen LogP contribution in [0.1, 0.15) is 11.1 Å². The van der Waals surface area contributed by atoms with Crippen LogP contribution in [0, 0.1) is 6.92 Å². The average Bonchev–Trinajstić information content (AvgIpc) is 2.60. The number of cyclic esters (lactones) is 1. The molecule has 1 amide bonds. The molecule has 1 heterocycles. The van der Waals surface area contributed by atoms with Crippen molar-refractivity contribution in [3.63, 3.8) is 0 Å². The number of amides is 1. The van der Waals surface area contributed by atoms with Gasteiger partial charge in [0.15, 0.2) is 0 Å². The Morgan fingerprint density at radius 3 is 3.00 bits per heavy atom. The van der Waals surface area contributed by atoms with Crippen LogP contribution in [0.25, 0.3) is 0 Å². The molecule has 4 heteroatoms. The Morgan fingerprint density at radius 1 is 1.56 bits per heavy atom. The molecular weight excluding hydrogens is 204 g/mol. The van der Waals surface area contributed by atoms with Crippen molar-refractivity contribution in [2.24, 2.45) is 5.73 Å². The molecule has 1 aliphatic rings. The first-order valence-electron chi connectivity index (χ1n) is 5.40. The van der Waals surface area contributed by atoms with Gasteiger partial charge in [-0.3, -0.25) is 0 Å².